The van der Waals surface area contributed by atoms with Gasteiger partial charge in [0.05, 0.1) is 0 Å². The molecular formula is C11H13O3. The van der Waals surface area contributed by atoms with Gasteiger partial charge in [-0.15, -0.1) is 0 Å². The maximum absolute atomic E-state index is 11.0. The molecule has 1 unspecified atom stereocenters. The van der Waals surface area contributed by atoms with Gasteiger partial charge in [-0.25, -0.2) is 4.79 Å². The van der Waals surface area contributed by atoms with Crippen LogP contribution in [0, 0.1) is 6.42 Å². The molecule has 0 spiro atoms. The third-order valence-electron chi connectivity index (χ3n) is 1.78. The van der Waals surface area contributed by atoms with Crippen LogP contribution in [0.3, 0.4) is 0 Å². The molecule has 1 N–H and O–H groups in total. The number of carbonyl (C=O) groups excluding carboxylic acids is 1. The van der Waals surface area contributed by atoms with Crippen molar-refractivity contribution in [3.63, 3.8) is 0 Å². The summed E-state index contributed by atoms with van der Waals surface area (Å²) in [6.07, 6.45) is 0.256. The quantitative estimate of drug-likeness (QED) is 0.733. The first-order chi connectivity index (χ1) is 6.74. The van der Waals surface area contributed by atoms with Crippen LogP contribution in [-0.4, -0.2) is 17.2 Å². The molecule has 0 aromatic heterocycles. The normalized spacial score (nSPS) is 12.1. The Labute approximate surface area is 83.3 Å². The first kappa shape index (κ1) is 10.7. The fourth-order valence-corrected chi connectivity index (χ4v) is 0.950. The van der Waals surface area contributed by atoms with Crippen LogP contribution in [0.25, 0.3) is 0 Å². The fraction of sp³-hybridized carbons (Fsp3) is 0.273. The molecule has 0 saturated heterocycles. The van der Waals surface area contributed by atoms with E-state index >= 15 is 0 Å². The Balaban J connectivity index is 2.38. The third kappa shape index (κ3) is 3.18. The lowest BCUT2D eigenvalue weighted by Gasteiger charge is -2.07. The van der Waals surface area contributed by atoms with Gasteiger partial charge in [-0.3, -0.25) is 0 Å². The maximum atomic E-state index is 11.0. The minimum Gasteiger partial charge on any atom is -0.459 e. The second-order valence-electron chi connectivity index (χ2n) is 2.87. The molecule has 1 atom stereocenters. The zero-order valence-electron chi connectivity index (χ0n) is 8.01. The maximum Gasteiger partial charge on any atom is 0.335 e. The molecule has 1 aromatic carbocycles. The molecule has 0 heterocycles. The van der Waals surface area contributed by atoms with Gasteiger partial charge in [-0.2, -0.15) is 0 Å². The van der Waals surface area contributed by atoms with Gasteiger partial charge in [0.15, 0.2) is 6.10 Å². The van der Waals surface area contributed by atoms with Crippen LogP contribution in [-0.2, 0) is 16.1 Å². The van der Waals surface area contributed by atoms with Crippen molar-refractivity contribution < 1.29 is 14.6 Å². The highest BCUT2D eigenvalue weighted by Crippen LogP contribution is 2.02. The number of hydrogen-bond acceptors (Lipinski definition) is 3. The zero-order valence-corrected chi connectivity index (χ0v) is 8.01. The lowest BCUT2D eigenvalue weighted by molar-refractivity contribution is -0.153. The van der Waals surface area contributed by atoms with Crippen molar-refractivity contribution in [1.82, 2.24) is 0 Å². The number of aliphatic hydroxyl groups is 1. The Morgan fingerprint density at radius 1 is 1.50 bits per heavy atom. The lowest BCUT2D eigenvalue weighted by Crippen LogP contribution is -2.22. The summed E-state index contributed by atoms with van der Waals surface area (Å²) in [7, 11) is 0. The zero-order chi connectivity index (χ0) is 10.4. The SMILES string of the molecule is C[CH]C(O)C(=O)OCc1ccccc1. The summed E-state index contributed by atoms with van der Waals surface area (Å²) in [6, 6.07) is 9.34. The highest BCUT2D eigenvalue weighted by Gasteiger charge is 2.13. The van der Waals surface area contributed by atoms with Gasteiger partial charge in [-0.1, -0.05) is 37.3 Å². The molecule has 1 rings (SSSR count). The molecule has 0 aliphatic heterocycles. The van der Waals surface area contributed by atoms with E-state index in [1.54, 1.807) is 6.92 Å². The standard InChI is InChI=1S/C11H13O3/c1-2-10(12)11(13)14-8-9-6-4-3-5-7-9/h2-7,10,12H,8H2,1H3. The van der Waals surface area contributed by atoms with Crippen LogP contribution in [0.1, 0.15) is 12.5 Å². The molecule has 0 fully saturated rings. The highest BCUT2D eigenvalue weighted by atomic mass is 16.5. The number of esters is 1. The predicted octanol–water partition coefficient (Wildman–Crippen LogP) is 1.31. The number of benzene rings is 1. The molecule has 3 nitrogen and oxygen atoms in total. The molecule has 14 heavy (non-hydrogen) atoms. The Bertz CT molecular complexity index is 282. The van der Waals surface area contributed by atoms with Crippen LogP contribution in [0.4, 0.5) is 0 Å². The van der Waals surface area contributed by atoms with Crippen molar-refractivity contribution in [1.29, 1.82) is 0 Å². The van der Waals surface area contributed by atoms with Crippen LogP contribution in [0.2, 0.25) is 0 Å². The monoisotopic (exact) mass is 193 g/mol. The first-order valence-corrected chi connectivity index (χ1v) is 4.42. The minimum absolute atomic E-state index is 0.199. The lowest BCUT2D eigenvalue weighted by atomic mass is 10.2. The average molecular weight is 193 g/mol. The van der Waals surface area contributed by atoms with E-state index in [9.17, 15) is 4.79 Å². The molecule has 75 valence electrons. The van der Waals surface area contributed by atoms with Crippen LogP contribution in [0.5, 0.6) is 0 Å². The van der Waals surface area contributed by atoms with E-state index in [4.69, 9.17) is 9.84 Å². The van der Waals surface area contributed by atoms with Crippen molar-refractivity contribution >= 4 is 5.97 Å². The second kappa shape index (κ2) is 5.40. The Kier molecular flexibility index (Phi) is 4.13. The first-order valence-electron chi connectivity index (χ1n) is 4.42. The van der Waals surface area contributed by atoms with E-state index in [1.165, 1.54) is 6.42 Å². The number of aliphatic hydroxyl groups excluding tert-OH is 1. The van der Waals surface area contributed by atoms with Crippen molar-refractivity contribution in [2.75, 3.05) is 0 Å². The van der Waals surface area contributed by atoms with Crippen LogP contribution >= 0.6 is 0 Å². The topological polar surface area (TPSA) is 46.5 Å². The van der Waals surface area contributed by atoms with Crippen molar-refractivity contribution in [3.05, 3.63) is 42.3 Å². The minimum atomic E-state index is -1.13. The fourth-order valence-electron chi connectivity index (χ4n) is 0.950. The molecule has 1 radical (unpaired) electrons. The van der Waals surface area contributed by atoms with Crippen LogP contribution in [0.15, 0.2) is 30.3 Å². The largest absolute Gasteiger partial charge is 0.459 e. The van der Waals surface area contributed by atoms with Gasteiger partial charge in [0.1, 0.15) is 6.61 Å². The molecule has 0 aliphatic rings. The number of carbonyl (C=O) groups is 1. The summed E-state index contributed by atoms with van der Waals surface area (Å²) < 4.78 is 4.86. The second-order valence-corrected chi connectivity index (χ2v) is 2.87. The van der Waals surface area contributed by atoms with E-state index in [2.05, 4.69) is 0 Å². The van der Waals surface area contributed by atoms with Crippen molar-refractivity contribution in [3.8, 4) is 0 Å². The summed E-state index contributed by atoms with van der Waals surface area (Å²) in [5.41, 5.74) is 0.907. The van der Waals surface area contributed by atoms with Gasteiger partial charge in [0, 0.05) is 0 Å². The number of ether oxygens (including phenoxy) is 1. The summed E-state index contributed by atoms with van der Waals surface area (Å²) in [5.74, 6) is -0.614. The molecule has 0 aliphatic carbocycles. The van der Waals surface area contributed by atoms with E-state index in [0.29, 0.717) is 0 Å². The number of rotatable bonds is 4. The Morgan fingerprint density at radius 3 is 2.71 bits per heavy atom. The van der Waals surface area contributed by atoms with Crippen molar-refractivity contribution in [2.45, 2.75) is 19.6 Å². The van der Waals surface area contributed by atoms with Gasteiger partial charge in [0.25, 0.3) is 0 Å². The molecular weight excluding hydrogens is 180 g/mol. The Hall–Kier alpha value is -1.35. The molecule has 0 saturated carbocycles. The van der Waals surface area contributed by atoms with E-state index in [1.807, 2.05) is 30.3 Å². The predicted molar refractivity (Wildman–Crippen MR) is 52.2 cm³/mol. The van der Waals surface area contributed by atoms with Gasteiger partial charge >= 0.3 is 5.97 Å². The number of hydrogen-bond donors (Lipinski definition) is 1. The molecule has 0 bridgehead atoms. The van der Waals surface area contributed by atoms with Crippen molar-refractivity contribution in [2.24, 2.45) is 0 Å². The van der Waals surface area contributed by atoms with Gasteiger partial charge in [0.2, 0.25) is 0 Å². The molecule has 0 amide bonds. The van der Waals surface area contributed by atoms with E-state index in [0.717, 1.165) is 5.56 Å². The van der Waals surface area contributed by atoms with Gasteiger partial charge in [-0.05, 0) is 12.0 Å². The summed E-state index contributed by atoms with van der Waals surface area (Å²) in [4.78, 5) is 11.0. The Morgan fingerprint density at radius 2 is 2.14 bits per heavy atom. The van der Waals surface area contributed by atoms with E-state index < -0.39 is 12.1 Å². The average Bonchev–Trinajstić information content (AvgIpc) is 2.26. The third-order valence-corrected chi connectivity index (χ3v) is 1.78. The molecule has 1 aromatic rings. The van der Waals surface area contributed by atoms with Gasteiger partial charge < -0.3 is 9.84 Å². The molecule has 3 heteroatoms. The summed E-state index contributed by atoms with van der Waals surface area (Å²) in [5, 5.41) is 9.07. The summed E-state index contributed by atoms with van der Waals surface area (Å²) in [6.45, 7) is 1.80. The summed E-state index contributed by atoms with van der Waals surface area (Å²) >= 11 is 0. The smallest absolute Gasteiger partial charge is 0.335 e. The highest BCUT2D eigenvalue weighted by molar-refractivity contribution is 5.75. The van der Waals surface area contributed by atoms with Crippen LogP contribution < -0.4 is 0 Å². The van der Waals surface area contributed by atoms with E-state index in [-0.39, 0.29) is 6.61 Å².